The van der Waals surface area contributed by atoms with Gasteiger partial charge < -0.3 is 23.4 Å². The lowest BCUT2D eigenvalue weighted by molar-refractivity contribution is -0.146. The van der Waals surface area contributed by atoms with Crippen LogP contribution in [0.4, 0.5) is 0 Å². The summed E-state index contributed by atoms with van der Waals surface area (Å²) in [6.45, 7) is 2.18. The zero-order valence-electron chi connectivity index (χ0n) is 18.4. The van der Waals surface area contributed by atoms with Crippen LogP contribution in [-0.4, -0.2) is 62.3 Å². The van der Waals surface area contributed by atoms with Crippen molar-refractivity contribution in [2.45, 2.75) is 44.7 Å². The Bertz CT molecular complexity index is 765. The first kappa shape index (κ1) is 25.9. The van der Waals surface area contributed by atoms with Gasteiger partial charge in [-0.3, -0.25) is 19.7 Å². The van der Waals surface area contributed by atoms with E-state index in [1.54, 1.807) is 25.1 Å². The predicted octanol–water partition coefficient (Wildman–Crippen LogP) is 1.82. The maximum atomic E-state index is 12.2. The summed E-state index contributed by atoms with van der Waals surface area (Å²) in [7, 11) is 1.78. The van der Waals surface area contributed by atoms with Crippen LogP contribution in [-0.2, 0) is 39.5 Å². The summed E-state index contributed by atoms with van der Waals surface area (Å²) in [5.41, 5.74) is 0.912. The molecule has 10 nitrogen and oxygen atoms in total. The fraction of sp³-hybridized carbons (Fsp3) is 0.476. The molecule has 0 radical (unpaired) electrons. The summed E-state index contributed by atoms with van der Waals surface area (Å²) < 4.78 is 22.4. The van der Waals surface area contributed by atoms with Gasteiger partial charge in [0, 0.05) is 26.4 Å². The Morgan fingerprint density at radius 2 is 2.06 bits per heavy atom. The van der Waals surface area contributed by atoms with E-state index >= 15 is 0 Å². The molecule has 1 aromatic carbocycles. The van der Waals surface area contributed by atoms with Crippen LogP contribution in [0.3, 0.4) is 0 Å². The molecule has 4 atom stereocenters. The minimum atomic E-state index is -1.51. The van der Waals surface area contributed by atoms with E-state index < -0.39 is 26.4 Å². The standard InChI is InChI=1S/C21H30N3O7P/c1-16(21(27)29-13-17-7-5-4-6-8-17)23-32(28-3)30-14-18-9-10-20(31-18)24(2)12-11-19(26)22-15-25/h4-8,11-12,15-16,18,20,23H,9-10,13-14H2,1-3H3,(H,22,25,26)/b12-11-. The van der Waals surface area contributed by atoms with Gasteiger partial charge in [0.25, 0.3) is 14.4 Å². The molecule has 0 aromatic heterocycles. The average molecular weight is 467 g/mol. The number of nitrogens with one attached hydrogen (secondary N) is 2. The fourth-order valence-electron chi connectivity index (χ4n) is 2.85. The van der Waals surface area contributed by atoms with E-state index in [4.69, 9.17) is 18.5 Å². The number of nitrogens with zero attached hydrogens (tertiary/aromatic N) is 1. The van der Waals surface area contributed by atoms with Gasteiger partial charge >= 0.3 is 5.97 Å². The lowest BCUT2D eigenvalue weighted by Gasteiger charge is -2.24. The van der Waals surface area contributed by atoms with Gasteiger partial charge in [0.2, 0.25) is 6.41 Å². The third kappa shape index (κ3) is 9.02. The molecule has 1 saturated heterocycles. The number of amides is 2. The minimum absolute atomic E-state index is 0.151. The van der Waals surface area contributed by atoms with Crippen molar-refractivity contribution in [3.8, 4) is 0 Å². The summed E-state index contributed by atoms with van der Waals surface area (Å²) in [6, 6.07) is 8.85. The summed E-state index contributed by atoms with van der Waals surface area (Å²) >= 11 is 0. The summed E-state index contributed by atoms with van der Waals surface area (Å²) in [5, 5.41) is 5.03. The molecule has 2 rings (SSSR count). The first-order valence-corrected chi connectivity index (χ1v) is 11.3. The van der Waals surface area contributed by atoms with E-state index in [-0.39, 0.29) is 25.5 Å². The van der Waals surface area contributed by atoms with Crippen molar-refractivity contribution >= 4 is 26.8 Å². The molecule has 1 fully saturated rings. The lowest BCUT2D eigenvalue weighted by atomic mass is 10.2. The molecular formula is C21H30N3O7P. The van der Waals surface area contributed by atoms with Crippen LogP contribution in [0.5, 0.6) is 0 Å². The monoisotopic (exact) mass is 467 g/mol. The van der Waals surface area contributed by atoms with Crippen molar-refractivity contribution in [3.05, 3.63) is 48.2 Å². The Morgan fingerprint density at radius 1 is 1.31 bits per heavy atom. The zero-order valence-corrected chi connectivity index (χ0v) is 19.3. The highest BCUT2D eigenvalue weighted by atomic mass is 31.2. The number of esters is 1. The van der Waals surface area contributed by atoms with Gasteiger partial charge in [-0.1, -0.05) is 30.3 Å². The molecule has 1 heterocycles. The van der Waals surface area contributed by atoms with E-state index in [0.29, 0.717) is 6.41 Å². The number of hydrogen-bond acceptors (Lipinski definition) is 9. The van der Waals surface area contributed by atoms with E-state index in [1.807, 2.05) is 35.6 Å². The van der Waals surface area contributed by atoms with Crippen molar-refractivity contribution in [1.82, 2.24) is 15.3 Å². The maximum Gasteiger partial charge on any atom is 0.323 e. The molecular weight excluding hydrogens is 437 g/mol. The second-order valence-electron chi connectivity index (χ2n) is 7.08. The Kier molecular flexibility index (Phi) is 11.3. The zero-order chi connectivity index (χ0) is 23.3. The number of imide groups is 1. The number of carbonyl (C=O) groups is 3. The van der Waals surface area contributed by atoms with Gasteiger partial charge in [-0.2, -0.15) is 0 Å². The third-order valence-electron chi connectivity index (χ3n) is 4.62. The largest absolute Gasteiger partial charge is 0.460 e. The first-order valence-electron chi connectivity index (χ1n) is 10.2. The van der Waals surface area contributed by atoms with Crippen molar-refractivity contribution in [2.24, 2.45) is 0 Å². The molecule has 0 aliphatic carbocycles. The molecule has 11 heteroatoms. The Hall–Kier alpha value is -2.36. The normalized spacial score (nSPS) is 20.0. The van der Waals surface area contributed by atoms with Gasteiger partial charge in [-0.25, -0.2) is 5.09 Å². The van der Waals surface area contributed by atoms with Gasteiger partial charge in [0.15, 0.2) is 0 Å². The maximum absolute atomic E-state index is 12.2. The van der Waals surface area contributed by atoms with Crippen LogP contribution >= 0.6 is 8.53 Å². The van der Waals surface area contributed by atoms with Crippen LogP contribution < -0.4 is 10.4 Å². The quantitative estimate of drug-likeness (QED) is 0.194. The Labute approximate surface area is 189 Å². The van der Waals surface area contributed by atoms with Crippen LogP contribution in [0, 0.1) is 0 Å². The van der Waals surface area contributed by atoms with Gasteiger partial charge in [-0.05, 0) is 25.3 Å². The second-order valence-corrected chi connectivity index (χ2v) is 8.47. The molecule has 0 saturated carbocycles. The molecule has 1 aromatic rings. The van der Waals surface area contributed by atoms with Crippen LogP contribution in [0.15, 0.2) is 42.6 Å². The minimum Gasteiger partial charge on any atom is -0.460 e. The van der Waals surface area contributed by atoms with Crippen molar-refractivity contribution in [1.29, 1.82) is 0 Å². The van der Waals surface area contributed by atoms with Gasteiger partial charge in [0.05, 0.1) is 12.7 Å². The topological polar surface area (TPSA) is 115 Å². The highest BCUT2D eigenvalue weighted by molar-refractivity contribution is 7.45. The van der Waals surface area contributed by atoms with E-state index in [0.717, 1.165) is 18.4 Å². The Morgan fingerprint density at radius 3 is 2.75 bits per heavy atom. The summed E-state index contributed by atoms with van der Waals surface area (Å²) in [5.74, 6) is -0.899. The molecule has 2 amide bonds. The number of carbonyl (C=O) groups excluding carboxylic acids is 3. The Balaban J connectivity index is 1.70. The summed E-state index contributed by atoms with van der Waals surface area (Å²) in [4.78, 5) is 35.6. The van der Waals surface area contributed by atoms with Gasteiger partial charge in [-0.15, -0.1) is 0 Å². The number of rotatable bonds is 13. The highest BCUT2D eigenvalue weighted by Crippen LogP contribution is 2.35. The molecule has 2 N–H and O–H groups in total. The number of benzene rings is 1. The van der Waals surface area contributed by atoms with Crippen LogP contribution in [0.1, 0.15) is 25.3 Å². The molecule has 1 aliphatic rings. The average Bonchev–Trinajstić information content (AvgIpc) is 3.28. The van der Waals surface area contributed by atoms with Crippen molar-refractivity contribution in [3.63, 3.8) is 0 Å². The number of hydrogen-bond donors (Lipinski definition) is 2. The number of ether oxygens (including phenoxy) is 2. The summed E-state index contributed by atoms with van der Waals surface area (Å²) in [6.07, 6.45) is 4.31. The molecule has 4 unspecified atom stereocenters. The molecule has 32 heavy (non-hydrogen) atoms. The SMILES string of the molecule is COP(NC(C)C(=O)OCc1ccccc1)OCC1CCC(N(C)/C=C\C(=O)NC=O)O1. The van der Waals surface area contributed by atoms with Crippen LogP contribution in [0.2, 0.25) is 0 Å². The molecule has 1 aliphatic heterocycles. The second kappa shape index (κ2) is 13.9. The highest BCUT2D eigenvalue weighted by Gasteiger charge is 2.29. The van der Waals surface area contributed by atoms with E-state index in [2.05, 4.69) is 5.09 Å². The van der Waals surface area contributed by atoms with Crippen molar-refractivity contribution in [2.75, 3.05) is 20.8 Å². The molecule has 0 spiro atoms. The smallest absolute Gasteiger partial charge is 0.323 e. The third-order valence-corrected chi connectivity index (χ3v) is 5.93. The lowest BCUT2D eigenvalue weighted by Crippen LogP contribution is -2.33. The van der Waals surface area contributed by atoms with E-state index in [9.17, 15) is 14.4 Å². The first-order chi connectivity index (χ1) is 15.4. The fourth-order valence-corrected chi connectivity index (χ4v) is 3.86. The van der Waals surface area contributed by atoms with E-state index in [1.165, 1.54) is 13.2 Å². The van der Waals surface area contributed by atoms with Crippen molar-refractivity contribution < 1.29 is 32.9 Å². The van der Waals surface area contributed by atoms with Crippen LogP contribution in [0.25, 0.3) is 0 Å². The molecule has 176 valence electrons. The predicted molar refractivity (Wildman–Crippen MR) is 118 cm³/mol. The van der Waals surface area contributed by atoms with Gasteiger partial charge in [0.1, 0.15) is 18.9 Å². The molecule has 0 bridgehead atoms.